The van der Waals surface area contributed by atoms with Crippen LogP contribution in [0.3, 0.4) is 0 Å². The van der Waals surface area contributed by atoms with Crippen molar-refractivity contribution in [1.82, 2.24) is 4.98 Å². The minimum atomic E-state index is 0.728. The van der Waals surface area contributed by atoms with Crippen LogP contribution in [0, 0.1) is 0 Å². The topological polar surface area (TPSA) is 38.9 Å². The van der Waals surface area contributed by atoms with Gasteiger partial charge in [-0.1, -0.05) is 36.4 Å². The van der Waals surface area contributed by atoms with Crippen LogP contribution >= 0.6 is 0 Å². The highest BCUT2D eigenvalue weighted by molar-refractivity contribution is 5.99. The molecule has 0 radical (unpaired) electrons. The molecule has 15 heavy (non-hydrogen) atoms. The minimum absolute atomic E-state index is 0.728. The van der Waals surface area contributed by atoms with Gasteiger partial charge in [0.15, 0.2) is 0 Å². The Hall–Kier alpha value is -2.09. The Bertz CT molecular complexity index is 602. The molecule has 0 saturated carbocycles. The summed E-state index contributed by atoms with van der Waals surface area (Å²) in [6.07, 6.45) is 0. The molecule has 3 rings (SSSR count). The number of hydrogen-bond donors (Lipinski definition) is 1. The Labute approximate surface area is 87.7 Å². The zero-order chi connectivity index (χ0) is 10.3. The van der Waals surface area contributed by atoms with Crippen LogP contribution in [0.5, 0.6) is 0 Å². The van der Waals surface area contributed by atoms with E-state index in [-0.39, 0.29) is 0 Å². The summed E-state index contributed by atoms with van der Waals surface area (Å²) >= 11 is 0. The van der Waals surface area contributed by atoms with Gasteiger partial charge in [-0.05, 0) is 12.1 Å². The van der Waals surface area contributed by atoms with Gasteiger partial charge in [0.2, 0.25) is 0 Å². The summed E-state index contributed by atoms with van der Waals surface area (Å²) in [4.78, 5) is 4.53. The van der Waals surface area contributed by atoms with Crippen molar-refractivity contribution in [3.63, 3.8) is 0 Å². The second kappa shape index (κ2) is 2.95. The van der Waals surface area contributed by atoms with E-state index in [4.69, 9.17) is 5.73 Å². The Morgan fingerprint density at radius 2 is 1.60 bits per heavy atom. The zero-order valence-corrected chi connectivity index (χ0v) is 8.14. The monoisotopic (exact) mass is 194 g/mol. The first kappa shape index (κ1) is 8.24. The van der Waals surface area contributed by atoms with E-state index in [1.54, 1.807) is 0 Å². The molecule has 2 aliphatic rings. The Morgan fingerprint density at radius 3 is 2.53 bits per heavy atom. The molecule has 1 aliphatic heterocycles. The van der Waals surface area contributed by atoms with Crippen LogP contribution in [0.2, 0.25) is 0 Å². The molecule has 1 aliphatic carbocycles. The summed E-state index contributed by atoms with van der Waals surface area (Å²) in [6, 6.07) is 16.0. The first-order valence-corrected chi connectivity index (χ1v) is 4.89. The fourth-order valence-electron chi connectivity index (χ4n) is 1.89. The number of hydrogen-bond acceptors (Lipinski definition) is 2. The molecule has 0 saturated heterocycles. The van der Waals surface area contributed by atoms with Gasteiger partial charge in [0.25, 0.3) is 0 Å². The standard InChI is InChI=1S/C13H10N2/c14-11-7-3-1-6-10-9-5-2-4-8-12(9)15-13(10)11/h1-8H,14H2. The summed E-state index contributed by atoms with van der Waals surface area (Å²) in [5, 5.41) is 1.16. The van der Waals surface area contributed by atoms with Crippen LogP contribution in [0.25, 0.3) is 22.2 Å². The van der Waals surface area contributed by atoms with Gasteiger partial charge in [-0.25, -0.2) is 4.98 Å². The lowest BCUT2D eigenvalue weighted by Crippen LogP contribution is -1.85. The lowest BCUT2D eigenvalue weighted by atomic mass is 10.1. The predicted octanol–water partition coefficient (Wildman–Crippen LogP) is 2.92. The van der Waals surface area contributed by atoms with E-state index in [1.807, 2.05) is 36.4 Å². The number of fused-ring (bicyclic) bond motifs is 3. The van der Waals surface area contributed by atoms with Gasteiger partial charge in [-0.3, -0.25) is 0 Å². The number of anilines is 1. The highest BCUT2D eigenvalue weighted by Gasteiger charge is 2.11. The molecule has 2 N–H and O–H groups in total. The summed E-state index contributed by atoms with van der Waals surface area (Å²) in [5.74, 6) is 0. The Kier molecular flexibility index (Phi) is 1.62. The number of nitrogen functional groups attached to an aromatic ring is 1. The molecule has 0 atom stereocenters. The molecule has 0 spiro atoms. The SMILES string of the molecule is Nc1ccccc2c3ccccc3nc1-2. The van der Waals surface area contributed by atoms with Crippen molar-refractivity contribution in [3.05, 3.63) is 48.5 Å². The number of benzene rings is 1. The molecule has 0 amide bonds. The van der Waals surface area contributed by atoms with Gasteiger partial charge in [0.05, 0.1) is 16.9 Å². The van der Waals surface area contributed by atoms with E-state index >= 15 is 0 Å². The van der Waals surface area contributed by atoms with Crippen molar-refractivity contribution in [3.8, 4) is 11.3 Å². The number of rotatable bonds is 0. The first-order chi connectivity index (χ1) is 7.36. The second-order valence-electron chi connectivity index (χ2n) is 3.56. The highest BCUT2D eigenvalue weighted by Crippen LogP contribution is 2.33. The largest absolute Gasteiger partial charge is 0.397 e. The molecule has 0 unspecified atom stereocenters. The highest BCUT2D eigenvalue weighted by atomic mass is 14.8. The number of aromatic nitrogens is 1. The van der Waals surface area contributed by atoms with Crippen molar-refractivity contribution in [2.45, 2.75) is 0 Å². The van der Waals surface area contributed by atoms with Gasteiger partial charge < -0.3 is 5.73 Å². The summed E-state index contributed by atoms with van der Waals surface area (Å²) in [7, 11) is 0. The smallest absolute Gasteiger partial charge is 0.0945 e. The zero-order valence-electron chi connectivity index (χ0n) is 8.14. The maximum atomic E-state index is 5.94. The van der Waals surface area contributed by atoms with Crippen molar-refractivity contribution in [1.29, 1.82) is 0 Å². The maximum absolute atomic E-state index is 5.94. The van der Waals surface area contributed by atoms with Crippen LogP contribution in [0.4, 0.5) is 5.69 Å². The van der Waals surface area contributed by atoms with Crippen LogP contribution in [0.1, 0.15) is 0 Å². The number of nitrogens with zero attached hydrogens (tertiary/aromatic N) is 1. The van der Waals surface area contributed by atoms with Gasteiger partial charge in [-0.15, -0.1) is 0 Å². The van der Waals surface area contributed by atoms with Crippen LogP contribution in [-0.2, 0) is 0 Å². The number of nitrogens with two attached hydrogens (primary N) is 1. The molecule has 2 nitrogen and oxygen atoms in total. The van der Waals surface area contributed by atoms with E-state index < -0.39 is 0 Å². The quantitative estimate of drug-likeness (QED) is 0.597. The third-order valence-electron chi connectivity index (χ3n) is 2.60. The average molecular weight is 194 g/mol. The second-order valence-corrected chi connectivity index (χ2v) is 3.56. The summed E-state index contributed by atoms with van der Waals surface area (Å²) < 4.78 is 0. The normalized spacial score (nSPS) is 10.9. The van der Waals surface area contributed by atoms with E-state index in [2.05, 4.69) is 17.1 Å². The first-order valence-electron chi connectivity index (χ1n) is 4.89. The van der Waals surface area contributed by atoms with Crippen molar-refractivity contribution in [2.75, 3.05) is 5.73 Å². The van der Waals surface area contributed by atoms with Crippen molar-refractivity contribution >= 4 is 16.6 Å². The minimum Gasteiger partial charge on any atom is -0.397 e. The van der Waals surface area contributed by atoms with Crippen molar-refractivity contribution in [2.24, 2.45) is 0 Å². The molecule has 1 aromatic rings. The molecule has 0 fully saturated rings. The van der Waals surface area contributed by atoms with E-state index in [0.29, 0.717) is 0 Å². The van der Waals surface area contributed by atoms with E-state index in [1.165, 1.54) is 0 Å². The summed E-state index contributed by atoms with van der Waals surface area (Å²) in [5.41, 5.74) is 9.68. The molecule has 0 aromatic heterocycles. The Balaban J connectivity index is 2.53. The fraction of sp³-hybridized carbons (Fsp3) is 0. The molecule has 72 valence electrons. The van der Waals surface area contributed by atoms with E-state index in [0.717, 1.165) is 27.8 Å². The lowest BCUT2D eigenvalue weighted by Gasteiger charge is -1.93. The molecular weight excluding hydrogens is 184 g/mol. The molecule has 0 bridgehead atoms. The molecule has 1 heterocycles. The molecule has 2 heteroatoms. The van der Waals surface area contributed by atoms with Crippen LogP contribution in [0.15, 0.2) is 48.5 Å². The van der Waals surface area contributed by atoms with Gasteiger partial charge >= 0.3 is 0 Å². The summed E-state index contributed by atoms with van der Waals surface area (Å²) in [6.45, 7) is 0. The number of para-hydroxylation sites is 1. The van der Waals surface area contributed by atoms with Crippen molar-refractivity contribution < 1.29 is 0 Å². The van der Waals surface area contributed by atoms with Gasteiger partial charge in [0, 0.05) is 10.9 Å². The fourth-order valence-corrected chi connectivity index (χ4v) is 1.89. The van der Waals surface area contributed by atoms with E-state index in [9.17, 15) is 0 Å². The van der Waals surface area contributed by atoms with Gasteiger partial charge in [0.1, 0.15) is 0 Å². The predicted molar refractivity (Wildman–Crippen MR) is 62.8 cm³/mol. The van der Waals surface area contributed by atoms with Crippen LogP contribution in [-0.4, -0.2) is 4.98 Å². The molecular formula is C13H10N2. The Morgan fingerprint density at radius 1 is 0.867 bits per heavy atom. The average Bonchev–Trinajstić information content (AvgIpc) is 2.54. The van der Waals surface area contributed by atoms with Gasteiger partial charge in [-0.2, -0.15) is 0 Å². The third kappa shape index (κ3) is 1.15. The van der Waals surface area contributed by atoms with Crippen LogP contribution < -0.4 is 5.73 Å². The lowest BCUT2D eigenvalue weighted by molar-refractivity contribution is 1.47. The molecule has 1 aromatic carbocycles. The maximum Gasteiger partial charge on any atom is 0.0945 e. The third-order valence-corrected chi connectivity index (χ3v) is 2.60.